The summed E-state index contributed by atoms with van der Waals surface area (Å²) in [5, 5.41) is 8.81. The van der Waals surface area contributed by atoms with E-state index < -0.39 is 0 Å². The van der Waals surface area contributed by atoms with E-state index in [1.807, 2.05) is 43.3 Å². The van der Waals surface area contributed by atoms with E-state index in [2.05, 4.69) is 6.07 Å². The number of para-hydroxylation sites is 1. The van der Waals surface area contributed by atoms with E-state index in [-0.39, 0.29) is 0 Å². The van der Waals surface area contributed by atoms with Gasteiger partial charge in [0.1, 0.15) is 11.5 Å². The Morgan fingerprint density at radius 1 is 1.06 bits per heavy atom. The molecule has 0 saturated carbocycles. The molecule has 2 rings (SSSR count). The van der Waals surface area contributed by atoms with Crippen LogP contribution < -0.4 is 4.74 Å². The maximum atomic E-state index is 8.81. The Labute approximate surface area is 94.7 Å². The van der Waals surface area contributed by atoms with Crippen molar-refractivity contribution in [1.29, 1.82) is 5.26 Å². The molecule has 2 heteroatoms. The van der Waals surface area contributed by atoms with E-state index in [9.17, 15) is 0 Å². The molecule has 0 amide bonds. The van der Waals surface area contributed by atoms with Crippen LogP contribution in [0.3, 0.4) is 0 Å². The molecule has 0 unspecified atom stereocenters. The first kappa shape index (κ1) is 10.3. The second kappa shape index (κ2) is 4.50. The van der Waals surface area contributed by atoms with Crippen molar-refractivity contribution >= 4 is 0 Å². The summed E-state index contributed by atoms with van der Waals surface area (Å²) >= 11 is 0. The molecule has 0 spiro atoms. The zero-order valence-corrected chi connectivity index (χ0v) is 8.97. The van der Waals surface area contributed by atoms with Crippen molar-refractivity contribution in [1.82, 2.24) is 0 Å². The third-order valence-electron chi connectivity index (χ3n) is 2.29. The van der Waals surface area contributed by atoms with Gasteiger partial charge in [-0.15, -0.1) is 0 Å². The van der Waals surface area contributed by atoms with Crippen LogP contribution in [0, 0.1) is 18.3 Å². The zero-order valence-electron chi connectivity index (χ0n) is 8.97. The summed E-state index contributed by atoms with van der Waals surface area (Å²) in [7, 11) is 0. The fraction of sp³-hybridized carbons (Fsp3) is 0.0714. The molecule has 0 aliphatic heterocycles. The minimum absolute atomic E-state index is 0.608. The molecule has 0 heterocycles. The van der Waals surface area contributed by atoms with Crippen molar-refractivity contribution in [3.05, 3.63) is 59.7 Å². The lowest BCUT2D eigenvalue weighted by Gasteiger charge is -2.08. The molecule has 0 aliphatic rings. The van der Waals surface area contributed by atoms with E-state index >= 15 is 0 Å². The first-order valence-electron chi connectivity index (χ1n) is 5.03. The molecule has 2 aromatic rings. The van der Waals surface area contributed by atoms with E-state index in [0.29, 0.717) is 5.56 Å². The van der Waals surface area contributed by atoms with Crippen molar-refractivity contribution in [3.63, 3.8) is 0 Å². The van der Waals surface area contributed by atoms with Gasteiger partial charge in [-0.1, -0.05) is 24.3 Å². The summed E-state index contributed by atoms with van der Waals surface area (Å²) < 4.78 is 5.70. The topological polar surface area (TPSA) is 33.0 Å². The standard InChI is InChI=1S/C14H11NO/c1-11-7-8-12(10-15)9-14(11)16-13-5-3-2-4-6-13/h2-9H,1H3. The predicted octanol–water partition coefficient (Wildman–Crippen LogP) is 3.66. The highest BCUT2D eigenvalue weighted by molar-refractivity contribution is 5.43. The van der Waals surface area contributed by atoms with Gasteiger partial charge in [0.25, 0.3) is 0 Å². The van der Waals surface area contributed by atoms with Gasteiger partial charge >= 0.3 is 0 Å². The van der Waals surface area contributed by atoms with Crippen molar-refractivity contribution < 1.29 is 4.74 Å². The molecule has 0 N–H and O–H groups in total. The Morgan fingerprint density at radius 3 is 2.50 bits per heavy atom. The van der Waals surface area contributed by atoms with Gasteiger partial charge < -0.3 is 4.74 Å². The second-order valence-electron chi connectivity index (χ2n) is 3.51. The van der Waals surface area contributed by atoms with Crippen LogP contribution in [0.5, 0.6) is 11.5 Å². The van der Waals surface area contributed by atoms with Gasteiger partial charge in [0, 0.05) is 0 Å². The van der Waals surface area contributed by atoms with Crippen LogP contribution in [-0.2, 0) is 0 Å². The van der Waals surface area contributed by atoms with E-state index in [0.717, 1.165) is 17.1 Å². The number of nitrogens with zero attached hydrogens (tertiary/aromatic N) is 1. The van der Waals surface area contributed by atoms with Crippen molar-refractivity contribution in [2.45, 2.75) is 6.92 Å². The quantitative estimate of drug-likeness (QED) is 0.756. The lowest BCUT2D eigenvalue weighted by molar-refractivity contribution is 0.479. The highest BCUT2D eigenvalue weighted by Crippen LogP contribution is 2.25. The summed E-state index contributed by atoms with van der Waals surface area (Å²) in [5.74, 6) is 1.51. The summed E-state index contributed by atoms with van der Waals surface area (Å²) in [6, 6.07) is 17.1. The van der Waals surface area contributed by atoms with Crippen molar-refractivity contribution in [2.24, 2.45) is 0 Å². The number of nitriles is 1. The number of aryl methyl sites for hydroxylation is 1. The molecule has 0 atom stereocenters. The first-order valence-corrected chi connectivity index (χ1v) is 5.03. The Hall–Kier alpha value is -2.27. The van der Waals surface area contributed by atoms with Crippen molar-refractivity contribution in [2.75, 3.05) is 0 Å². The van der Waals surface area contributed by atoms with Crippen LogP contribution in [0.25, 0.3) is 0 Å². The third-order valence-corrected chi connectivity index (χ3v) is 2.29. The average Bonchev–Trinajstić information content (AvgIpc) is 2.33. The highest BCUT2D eigenvalue weighted by atomic mass is 16.5. The minimum Gasteiger partial charge on any atom is -0.457 e. The van der Waals surface area contributed by atoms with Gasteiger partial charge in [0.05, 0.1) is 11.6 Å². The molecule has 2 nitrogen and oxygen atoms in total. The Kier molecular flexibility index (Phi) is 2.88. The molecule has 0 bridgehead atoms. The Bertz CT molecular complexity index is 526. The van der Waals surface area contributed by atoms with Gasteiger partial charge in [0.15, 0.2) is 0 Å². The Balaban J connectivity index is 2.31. The molecule has 78 valence electrons. The smallest absolute Gasteiger partial charge is 0.131 e. The molecule has 0 radical (unpaired) electrons. The highest BCUT2D eigenvalue weighted by Gasteiger charge is 2.02. The number of benzene rings is 2. The number of hydrogen-bond acceptors (Lipinski definition) is 2. The number of hydrogen-bond donors (Lipinski definition) is 0. The van der Waals surface area contributed by atoms with Gasteiger partial charge in [-0.3, -0.25) is 0 Å². The second-order valence-corrected chi connectivity index (χ2v) is 3.51. The molecule has 0 aromatic heterocycles. The molecule has 0 saturated heterocycles. The van der Waals surface area contributed by atoms with E-state index in [4.69, 9.17) is 10.00 Å². The lowest BCUT2D eigenvalue weighted by atomic mass is 10.1. The Morgan fingerprint density at radius 2 is 1.81 bits per heavy atom. The summed E-state index contributed by atoms with van der Waals surface area (Å²) in [6.07, 6.45) is 0. The fourth-order valence-corrected chi connectivity index (χ4v) is 1.40. The van der Waals surface area contributed by atoms with Crippen molar-refractivity contribution in [3.8, 4) is 17.6 Å². The molecule has 2 aromatic carbocycles. The summed E-state index contributed by atoms with van der Waals surface area (Å²) in [6.45, 7) is 1.96. The van der Waals surface area contributed by atoms with Crippen LogP contribution in [0.2, 0.25) is 0 Å². The summed E-state index contributed by atoms with van der Waals surface area (Å²) in [5.41, 5.74) is 1.62. The molecule has 0 fully saturated rings. The van der Waals surface area contributed by atoms with Crippen LogP contribution >= 0.6 is 0 Å². The van der Waals surface area contributed by atoms with Gasteiger partial charge in [-0.05, 0) is 36.8 Å². The van der Waals surface area contributed by atoms with E-state index in [1.165, 1.54) is 0 Å². The van der Waals surface area contributed by atoms with Crippen LogP contribution in [0.15, 0.2) is 48.5 Å². The predicted molar refractivity (Wildman–Crippen MR) is 62.4 cm³/mol. The normalized spacial score (nSPS) is 9.50. The van der Waals surface area contributed by atoms with Crippen LogP contribution in [0.1, 0.15) is 11.1 Å². The van der Waals surface area contributed by atoms with Gasteiger partial charge in [0.2, 0.25) is 0 Å². The maximum Gasteiger partial charge on any atom is 0.131 e. The molecular formula is C14H11NO. The summed E-state index contributed by atoms with van der Waals surface area (Å²) in [4.78, 5) is 0. The first-order chi connectivity index (χ1) is 7.79. The largest absolute Gasteiger partial charge is 0.457 e. The zero-order chi connectivity index (χ0) is 11.4. The monoisotopic (exact) mass is 209 g/mol. The SMILES string of the molecule is Cc1ccc(C#N)cc1Oc1ccccc1. The van der Waals surface area contributed by atoms with Gasteiger partial charge in [-0.2, -0.15) is 5.26 Å². The lowest BCUT2D eigenvalue weighted by Crippen LogP contribution is -1.88. The molecular weight excluding hydrogens is 198 g/mol. The fourth-order valence-electron chi connectivity index (χ4n) is 1.40. The third kappa shape index (κ3) is 2.21. The van der Waals surface area contributed by atoms with E-state index in [1.54, 1.807) is 12.1 Å². The number of rotatable bonds is 2. The van der Waals surface area contributed by atoms with Crippen LogP contribution in [-0.4, -0.2) is 0 Å². The number of ether oxygens (including phenoxy) is 1. The average molecular weight is 209 g/mol. The molecule has 16 heavy (non-hydrogen) atoms. The van der Waals surface area contributed by atoms with Gasteiger partial charge in [-0.25, -0.2) is 0 Å². The van der Waals surface area contributed by atoms with Crippen LogP contribution in [0.4, 0.5) is 0 Å². The maximum absolute atomic E-state index is 8.81. The minimum atomic E-state index is 0.608. The molecule has 0 aliphatic carbocycles.